The molecule has 1 saturated heterocycles. The number of nitrogens with zero attached hydrogens (tertiary/aromatic N) is 1. The Kier molecular flexibility index (Phi) is 11.0. The minimum Gasteiger partial charge on any atom is -0.469 e. The standard InChI is InChI=1S/C26H37NO4/c1-21(11-10-14-22-12-6-5-7-13-22)24(28)18-16-23-17-19-25(29)27(23)20-9-4-3-8-15-26(30)31-2/h5-7,12-13,16,18,21,23H,3-4,8-11,14-15,17,19-20H2,1-2H3/t21?,23-/m0/s1. The van der Waals surface area contributed by atoms with Gasteiger partial charge in [0.05, 0.1) is 13.2 Å². The molecule has 0 bridgehead atoms. The number of ether oxygens (including phenoxy) is 1. The van der Waals surface area contributed by atoms with Gasteiger partial charge in [-0.15, -0.1) is 0 Å². The van der Waals surface area contributed by atoms with Crippen molar-refractivity contribution >= 4 is 17.7 Å². The van der Waals surface area contributed by atoms with Crippen LogP contribution in [0.15, 0.2) is 42.5 Å². The highest BCUT2D eigenvalue weighted by atomic mass is 16.5. The molecule has 1 amide bonds. The van der Waals surface area contributed by atoms with Crippen molar-refractivity contribution in [3.8, 4) is 0 Å². The lowest BCUT2D eigenvalue weighted by Crippen LogP contribution is -2.32. The summed E-state index contributed by atoms with van der Waals surface area (Å²) in [5.74, 6) is 0.155. The van der Waals surface area contributed by atoms with E-state index in [1.54, 1.807) is 6.08 Å². The largest absolute Gasteiger partial charge is 0.469 e. The molecule has 170 valence electrons. The Morgan fingerprint density at radius 2 is 1.87 bits per heavy atom. The number of carbonyl (C=O) groups is 3. The number of benzene rings is 1. The second-order valence-electron chi connectivity index (χ2n) is 8.47. The van der Waals surface area contributed by atoms with Crippen LogP contribution in [0.4, 0.5) is 0 Å². The van der Waals surface area contributed by atoms with E-state index < -0.39 is 0 Å². The predicted octanol–water partition coefficient (Wildman–Crippen LogP) is 4.89. The van der Waals surface area contributed by atoms with Crippen LogP contribution >= 0.6 is 0 Å². The summed E-state index contributed by atoms with van der Waals surface area (Å²) >= 11 is 0. The Morgan fingerprint density at radius 3 is 2.61 bits per heavy atom. The quantitative estimate of drug-likeness (QED) is 0.241. The molecule has 5 heteroatoms. The van der Waals surface area contributed by atoms with Crippen molar-refractivity contribution in [2.75, 3.05) is 13.7 Å². The van der Waals surface area contributed by atoms with Gasteiger partial charge in [-0.2, -0.15) is 0 Å². The molecule has 0 saturated carbocycles. The maximum absolute atomic E-state index is 12.5. The zero-order chi connectivity index (χ0) is 22.5. The maximum Gasteiger partial charge on any atom is 0.305 e. The van der Waals surface area contributed by atoms with Crippen LogP contribution in [0.2, 0.25) is 0 Å². The Morgan fingerprint density at radius 1 is 1.13 bits per heavy atom. The number of unbranched alkanes of at least 4 members (excludes halogenated alkanes) is 3. The van der Waals surface area contributed by atoms with Crippen molar-refractivity contribution in [1.29, 1.82) is 0 Å². The van der Waals surface area contributed by atoms with Crippen LogP contribution in [-0.4, -0.2) is 42.3 Å². The molecule has 0 spiro atoms. The number of hydrogen-bond donors (Lipinski definition) is 0. The van der Waals surface area contributed by atoms with Gasteiger partial charge < -0.3 is 9.64 Å². The van der Waals surface area contributed by atoms with E-state index in [9.17, 15) is 14.4 Å². The molecule has 2 atom stereocenters. The van der Waals surface area contributed by atoms with Gasteiger partial charge in [0, 0.05) is 25.3 Å². The first kappa shape index (κ1) is 24.8. The molecule has 0 aliphatic carbocycles. The Balaban J connectivity index is 1.69. The second-order valence-corrected chi connectivity index (χ2v) is 8.47. The molecule has 0 radical (unpaired) electrons. The number of ketones is 1. The van der Waals surface area contributed by atoms with E-state index in [4.69, 9.17) is 0 Å². The smallest absolute Gasteiger partial charge is 0.305 e. The van der Waals surface area contributed by atoms with Crippen LogP contribution in [0, 0.1) is 5.92 Å². The minimum atomic E-state index is -0.168. The molecule has 1 aromatic rings. The van der Waals surface area contributed by atoms with Crippen molar-refractivity contribution in [3.05, 3.63) is 48.0 Å². The third-order valence-electron chi connectivity index (χ3n) is 6.05. The van der Waals surface area contributed by atoms with Gasteiger partial charge in [-0.25, -0.2) is 0 Å². The van der Waals surface area contributed by atoms with E-state index in [0.717, 1.165) is 51.4 Å². The number of esters is 1. The lowest BCUT2D eigenvalue weighted by molar-refractivity contribution is -0.140. The first-order valence-electron chi connectivity index (χ1n) is 11.6. The first-order valence-corrected chi connectivity index (χ1v) is 11.6. The number of rotatable bonds is 14. The highest BCUT2D eigenvalue weighted by molar-refractivity contribution is 5.91. The lowest BCUT2D eigenvalue weighted by atomic mass is 9.96. The SMILES string of the molecule is COC(=O)CCCCCCN1C(=O)CC[C@@H]1C=CC(=O)C(C)CCCc1ccccc1. The number of allylic oxidation sites excluding steroid dienone is 1. The molecular weight excluding hydrogens is 390 g/mol. The van der Waals surface area contributed by atoms with Crippen LogP contribution in [-0.2, 0) is 25.5 Å². The maximum atomic E-state index is 12.5. The van der Waals surface area contributed by atoms with Gasteiger partial charge in [0.25, 0.3) is 0 Å². The molecular formula is C26H37NO4. The van der Waals surface area contributed by atoms with E-state index in [1.807, 2.05) is 36.1 Å². The third kappa shape index (κ3) is 9.07. The number of likely N-dealkylation sites (tertiary alicyclic amines) is 1. The third-order valence-corrected chi connectivity index (χ3v) is 6.05. The van der Waals surface area contributed by atoms with E-state index in [0.29, 0.717) is 19.4 Å². The summed E-state index contributed by atoms with van der Waals surface area (Å²) in [6, 6.07) is 10.4. The van der Waals surface area contributed by atoms with Crippen LogP contribution in [0.1, 0.15) is 70.3 Å². The topological polar surface area (TPSA) is 63.7 Å². The van der Waals surface area contributed by atoms with Crippen molar-refractivity contribution in [2.45, 2.75) is 77.2 Å². The Hall–Kier alpha value is -2.43. The van der Waals surface area contributed by atoms with E-state index in [-0.39, 0.29) is 29.6 Å². The molecule has 1 aliphatic heterocycles. The number of carbonyl (C=O) groups excluding carboxylic acids is 3. The Labute approximate surface area is 186 Å². The fraction of sp³-hybridized carbons (Fsp3) is 0.577. The minimum absolute atomic E-state index is 0.000303. The van der Waals surface area contributed by atoms with Crippen molar-refractivity contribution in [2.24, 2.45) is 5.92 Å². The van der Waals surface area contributed by atoms with Gasteiger partial charge in [0.2, 0.25) is 5.91 Å². The van der Waals surface area contributed by atoms with Crippen LogP contribution in [0.3, 0.4) is 0 Å². The summed E-state index contributed by atoms with van der Waals surface area (Å²) in [6.07, 6.45) is 11.9. The zero-order valence-corrected chi connectivity index (χ0v) is 19.1. The number of aryl methyl sites for hydroxylation is 1. The number of methoxy groups -OCH3 is 1. The molecule has 1 aromatic carbocycles. The average Bonchev–Trinajstić information content (AvgIpc) is 3.14. The zero-order valence-electron chi connectivity index (χ0n) is 19.1. The number of hydrogen-bond acceptors (Lipinski definition) is 4. The summed E-state index contributed by atoms with van der Waals surface area (Å²) in [7, 11) is 1.41. The molecule has 1 heterocycles. The summed E-state index contributed by atoms with van der Waals surface area (Å²) in [6.45, 7) is 2.70. The summed E-state index contributed by atoms with van der Waals surface area (Å²) < 4.78 is 4.64. The van der Waals surface area contributed by atoms with Gasteiger partial charge in [-0.3, -0.25) is 14.4 Å². The van der Waals surface area contributed by atoms with Gasteiger partial charge in [-0.1, -0.05) is 56.2 Å². The molecule has 0 N–H and O–H groups in total. The van der Waals surface area contributed by atoms with Crippen LogP contribution in [0.5, 0.6) is 0 Å². The van der Waals surface area contributed by atoms with Crippen molar-refractivity contribution < 1.29 is 19.1 Å². The van der Waals surface area contributed by atoms with Crippen molar-refractivity contribution in [1.82, 2.24) is 4.90 Å². The second kappa shape index (κ2) is 13.8. The molecule has 31 heavy (non-hydrogen) atoms. The normalized spacial score (nSPS) is 17.3. The fourth-order valence-corrected chi connectivity index (χ4v) is 4.02. The fourth-order valence-electron chi connectivity index (χ4n) is 4.02. The highest BCUT2D eigenvalue weighted by Crippen LogP contribution is 2.21. The molecule has 1 aliphatic rings. The van der Waals surface area contributed by atoms with Gasteiger partial charge >= 0.3 is 5.97 Å². The molecule has 0 aromatic heterocycles. The highest BCUT2D eigenvalue weighted by Gasteiger charge is 2.28. The van der Waals surface area contributed by atoms with Crippen molar-refractivity contribution in [3.63, 3.8) is 0 Å². The van der Waals surface area contributed by atoms with Crippen LogP contribution < -0.4 is 0 Å². The average molecular weight is 428 g/mol. The number of amides is 1. The van der Waals surface area contributed by atoms with E-state index in [1.165, 1.54) is 12.7 Å². The molecule has 2 rings (SSSR count). The van der Waals surface area contributed by atoms with Gasteiger partial charge in [0.15, 0.2) is 5.78 Å². The van der Waals surface area contributed by atoms with Gasteiger partial charge in [0.1, 0.15) is 0 Å². The summed E-state index contributed by atoms with van der Waals surface area (Å²) in [4.78, 5) is 37.8. The first-order chi connectivity index (χ1) is 15.0. The molecule has 1 unspecified atom stereocenters. The van der Waals surface area contributed by atoms with Gasteiger partial charge in [-0.05, 0) is 50.2 Å². The Bertz CT molecular complexity index is 728. The monoisotopic (exact) mass is 427 g/mol. The van der Waals surface area contributed by atoms with E-state index in [2.05, 4.69) is 16.9 Å². The van der Waals surface area contributed by atoms with Crippen LogP contribution in [0.25, 0.3) is 0 Å². The van der Waals surface area contributed by atoms with E-state index >= 15 is 0 Å². The summed E-state index contributed by atoms with van der Waals surface area (Å²) in [5, 5.41) is 0. The summed E-state index contributed by atoms with van der Waals surface area (Å²) in [5.41, 5.74) is 1.31. The predicted molar refractivity (Wildman–Crippen MR) is 123 cm³/mol. The molecule has 5 nitrogen and oxygen atoms in total. The molecule has 1 fully saturated rings. The lowest BCUT2D eigenvalue weighted by Gasteiger charge is -2.22.